The van der Waals surface area contributed by atoms with E-state index in [9.17, 15) is 4.79 Å². The molecule has 0 bridgehead atoms. The number of carbonyl (C=O) groups excluding carboxylic acids is 1. The normalized spacial score (nSPS) is 10.7. The molecule has 3 rings (SSSR count). The van der Waals surface area contributed by atoms with Gasteiger partial charge in [-0.3, -0.25) is 9.78 Å². The first-order valence-electron chi connectivity index (χ1n) is 8.18. The van der Waals surface area contributed by atoms with Crippen molar-refractivity contribution in [1.29, 1.82) is 0 Å². The van der Waals surface area contributed by atoms with Gasteiger partial charge >= 0.3 is 0 Å². The highest BCUT2D eigenvalue weighted by atomic mass is 16.1. The molecule has 0 atom stereocenters. The van der Waals surface area contributed by atoms with Crippen molar-refractivity contribution in [2.24, 2.45) is 0 Å². The van der Waals surface area contributed by atoms with Crippen LogP contribution in [0.25, 0.3) is 22.3 Å². The number of hydrogen-bond acceptors (Lipinski definition) is 2. The van der Waals surface area contributed by atoms with Crippen molar-refractivity contribution in [2.75, 3.05) is 6.54 Å². The van der Waals surface area contributed by atoms with Gasteiger partial charge in [-0.25, -0.2) is 0 Å². The number of nitrogens with one attached hydrogen (secondary N) is 2. The summed E-state index contributed by atoms with van der Waals surface area (Å²) in [5.41, 5.74) is 4.30. The highest BCUT2D eigenvalue weighted by Crippen LogP contribution is 2.30. The minimum absolute atomic E-state index is 0.0640. The van der Waals surface area contributed by atoms with Crippen LogP contribution in [0, 0.1) is 0 Å². The summed E-state index contributed by atoms with van der Waals surface area (Å²) in [6.45, 7) is 4.13. The molecule has 0 radical (unpaired) electrons. The molecule has 0 aliphatic carbocycles. The number of H-pyrrole nitrogens is 1. The monoisotopic (exact) mass is 319 g/mol. The molecule has 24 heavy (non-hydrogen) atoms. The van der Waals surface area contributed by atoms with E-state index < -0.39 is 0 Å². The van der Waals surface area contributed by atoms with Gasteiger partial charge in [0, 0.05) is 30.1 Å². The number of carbonyl (C=O) groups is 1. The van der Waals surface area contributed by atoms with Crippen molar-refractivity contribution >= 4 is 16.8 Å². The van der Waals surface area contributed by atoms with E-state index in [0.717, 1.165) is 29.7 Å². The maximum atomic E-state index is 11.8. The lowest BCUT2D eigenvalue weighted by Gasteiger charge is -2.05. The maximum absolute atomic E-state index is 11.8. The number of benzene rings is 1. The summed E-state index contributed by atoms with van der Waals surface area (Å²) in [7, 11) is 0. The average Bonchev–Trinajstić information content (AvgIpc) is 2.99. The van der Waals surface area contributed by atoms with Crippen LogP contribution in [-0.2, 0) is 11.2 Å². The molecule has 1 amide bonds. The number of amides is 1. The highest BCUT2D eigenvalue weighted by Gasteiger charge is 2.14. The molecule has 0 saturated carbocycles. The zero-order valence-electron chi connectivity index (χ0n) is 13.6. The fraction of sp³-hybridized carbons (Fsp3) is 0.200. The molecule has 0 aliphatic rings. The van der Waals surface area contributed by atoms with Crippen molar-refractivity contribution in [3.8, 4) is 11.4 Å². The molecule has 4 heteroatoms. The van der Waals surface area contributed by atoms with Crippen LogP contribution >= 0.6 is 0 Å². The summed E-state index contributed by atoms with van der Waals surface area (Å²) in [5.74, 6) is 0.0640. The van der Waals surface area contributed by atoms with Gasteiger partial charge in [0.15, 0.2) is 0 Å². The third kappa shape index (κ3) is 3.54. The molecule has 0 saturated heterocycles. The second-order valence-electron chi connectivity index (χ2n) is 5.69. The molecule has 122 valence electrons. The van der Waals surface area contributed by atoms with Gasteiger partial charge in [0.1, 0.15) is 0 Å². The molecule has 3 aromatic rings. The molecule has 4 nitrogen and oxygen atoms in total. The molecule has 2 heterocycles. The van der Waals surface area contributed by atoms with Gasteiger partial charge in [0.2, 0.25) is 5.91 Å². The smallest absolute Gasteiger partial charge is 0.220 e. The lowest BCUT2D eigenvalue weighted by molar-refractivity contribution is -0.120. The topological polar surface area (TPSA) is 57.8 Å². The average molecular weight is 319 g/mol. The van der Waals surface area contributed by atoms with E-state index in [1.54, 1.807) is 12.3 Å². The van der Waals surface area contributed by atoms with Crippen molar-refractivity contribution in [3.05, 3.63) is 66.9 Å². The molecule has 2 N–H and O–H groups in total. The van der Waals surface area contributed by atoms with E-state index in [-0.39, 0.29) is 5.91 Å². The number of aromatic amines is 1. The van der Waals surface area contributed by atoms with E-state index in [2.05, 4.69) is 34.0 Å². The third-order valence-electron chi connectivity index (χ3n) is 4.01. The summed E-state index contributed by atoms with van der Waals surface area (Å²) in [6, 6.07) is 14.2. The summed E-state index contributed by atoms with van der Waals surface area (Å²) < 4.78 is 0. The van der Waals surface area contributed by atoms with E-state index in [4.69, 9.17) is 0 Å². The van der Waals surface area contributed by atoms with Gasteiger partial charge in [0.05, 0.1) is 11.4 Å². The number of para-hydroxylation sites is 1. The summed E-state index contributed by atoms with van der Waals surface area (Å²) in [4.78, 5) is 19.7. The van der Waals surface area contributed by atoms with Gasteiger partial charge in [-0.15, -0.1) is 6.58 Å². The standard InChI is InChI=1S/C20H21N3O/c1-2-13-22-19(24)12-7-9-16-15-8-3-4-10-17(15)23-20(16)18-11-5-6-14-21-18/h2-6,8,10-11,14,23H,1,7,9,12-13H2,(H,22,24). The first-order valence-corrected chi connectivity index (χ1v) is 8.18. The zero-order valence-corrected chi connectivity index (χ0v) is 13.6. The van der Waals surface area contributed by atoms with Crippen LogP contribution in [0.1, 0.15) is 18.4 Å². The van der Waals surface area contributed by atoms with Crippen molar-refractivity contribution in [1.82, 2.24) is 15.3 Å². The minimum Gasteiger partial charge on any atom is -0.353 e. The third-order valence-corrected chi connectivity index (χ3v) is 4.01. The fourth-order valence-electron chi connectivity index (χ4n) is 2.89. The molecule has 1 aromatic carbocycles. The zero-order chi connectivity index (χ0) is 16.8. The highest BCUT2D eigenvalue weighted by molar-refractivity contribution is 5.90. The van der Waals surface area contributed by atoms with E-state index in [1.165, 1.54) is 10.9 Å². The first kappa shape index (κ1) is 16.0. The quantitative estimate of drug-likeness (QED) is 0.650. The largest absolute Gasteiger partial charge is 0.353 e. The molecule has 2 aromatic heterocycles. The molecule has 0 aliphatic heterocycles. The molecule has 0 unspecified atom stereocenters. The van der Waals surface area contributed by atoms with Crippen LogP contribution in [0.2, 0.25) is 0 Å². The van der Waals surface area contributed by atoms with E-state index in [1.807, 2.05) is 30.3 Å². The number of aryl methyl sites for hydroxylation is 1. The summed E-state index contributed by atoms with van der Waals surface area (Å²) in [5, 5.41) is 4.02. The van der Waals surface area contributed by atoms with Crippen molar-refractivity contribution in [3.63, 3.8) is 0 Å². The second kappa shape index (κ2) is 7.59. The number of nitrogens with zero attached hydrogens (tertiary/aromatic N) is 1. The number of hydrogen-bond donors (Lipinski definition) is 2. The van der Waals surface area contributed by atoms with Gasteiger partial charge < -0.3 is 10.3 Å². The van der Waals surface area contributed by atoms with Crippen molar-refractivity contribution in [2.45, 2.75) is 19.3 Å². The van der Waals surface area contributed by atoms with Crippen LogP contribution in [-0.4, -0.2) is 22.4 Å². The fourth-order valence-corrected chi connectivity index (χ4v) is 2.89. The summed E-state index contributed by atoms with van der Waals surface area (Å²) in [6.07, 6.45) is 5.63. The predicted octanol–water partition coefficient (Wildman–Crippen LogP) is 3.85. The predicted molar refractivity (Wildman–Crippen MR) is 97.7 cm³/mol. The van der Waals surface area contributed by atoms with E-state index in [0.29, 0.717) is 13.0 Å². The minimum atomic E-state index is 0.0640. The van der Waals surface area contributed by atoms with Gasteiger partial charge in [-0.2, -0.15) is 0 Å². The van der Waals surface area contributed by atoms with Crippen LogP contribution < -0.4 is 5.32 Å². The Morgan fingerprint density at radius 1 is 1.21 bits per heavy atom. The van der Waals surface area contributed by atoms with Gasteiger partial charge in [-0.05, 0) is 36.6 Å². The van der Waals surface area contributed by atoms with Gasteiger partial charge in [0.25, 0.3) is 0 Å². The summed E-state index contributed by atoms with van der Waals surface area (Å²) >= 11 is 0. The number of pyridine rings is 1. The van der Waals surface area contributed by atoms with Crippen LogP contribution in [0.15, 0.2) is 61.3 Å². The Hall–Kier alpha value is -2.88. The first-order chi connectivity index (χ1) is 11.8. The Morgan fingerprint density at radius 3 is 2.83 bits per heavy atom. The Balaban J connectivity index is 1.83. The Bertz CT molecular complexity index is 836. The van der Waals surface area contributed by atoms with E-state index >= 15 is 0 Å². The number of aromatic nitrogens is 2. The molecule has 0 spiro atoms. The number of rotatable bonds is 7. The lowest BCUT2D eigenvalue weighted by Crippen LogP contribution is -2.22. The Labute approximate surface area is 141 Å². The molecular weight excluding hydrogens is 298 g/mol. The Kier molecular flexibility index (Phi) is 5.06. The van der Waals surface area contributed by atoms with Gasteiger partial charge in [-0.1, -0.05) is 30.3 Å². The molecule has 0 fully saturated rings. The second-order valence-corrected chi connectivity index (χ2v) is 5.69. The van der Waals surface area contributed by atoms with Crippen molar-refractivity contribution < 1.29 is 4.79 Å². The maximum Gasteiger partial charge on any atom is 0.220 e. The lowest BCUT2D eigenvalue weighted by atomic mass is 10.0. The van der Waals surface area contributed by atoms with Crippen LogP contribution in [0.5, 0.6) is 0 Å². The number of fused-ring (bicyclic) bond motifs is 1. The Morgan fingerprint density at radius 2 is 2.04 bits per heavy atom. The SMILES string of the molecule is C=CCNC(=O)CCCc1c(-c2ccccn2)[nH]c2ccccc12. The van der Waals surface area contributed by atoms with Crippen LogP contribution in [0.4, 0.5) is 0 Å². The molecular formula is C20H21N3O. The van der Waals surface area contributed by atoms with Crippen LogP contribution in [0.3, 0.4) is 0 Å².